The van der Waals surface area contributed by atoms with Crippen molar-refractivity contribution in [2.75, 3.05) is 0 Å². The summed E-state index contributed by atoms with van der Waals surface area (Å²) >= 11 is 2.15. The second kappa shape index (κ2) is 3.69. The van der Waals surface area contributed by atoms with E-state index in [1.54, 1.807) is 12.1 Å². The fourth-order valence-electron chi connectivity index (χ4n) is 0.567. The van der Waals surface area contributed by atoms with Gasteiger partial charge in [0.1, 0.15) is 10.0 Å². The lowest BCUT2D eigenvalue weighted by Gasteiger charge is -1.92. The molecule has 1 nitrogen and oxygen atoms in total. The molecule has 0 aliphatic carbocycles. The smallest absolute Gasteiger partial charge is 0.147 e. The molecule has 0 aromatic heterocycles. The molecule has 0 fully saturated rings. The first-order chi connectivity index (χ1) is 4.70. The maximum Gasteiger partial charge on any atom is 0.147 e. The molecule has 10 heavy (non-hydrogen) atoms. The standard InChI is InChI=1S/C6H4ClIOS/c7-10(9)6-3-1-2-5(8)4-6/h1-4H. The molecule has 0 saturated heterocycles. The van der Waals surface area contributed by atoms with Crippen LogP contribution in [0.2, 0.25) is 0 Å². The van der Waals surface area contributed by atoms with Crippen LogP contribution in [0.15, 0.2) is 29.2 Å². The van der Waals surface area contributed by atoms with E-state index in [4.69, 9.17) is 10.7 Å². The molecule has 4 heteroatoms. The second-order valence-electron chi connectivity index (χ2n) is 1.68. The number of hydrogen-bond acceptors (Lipinski definition) is 1. The number of halogens is 2. The zero-order valence-corrected chi connectivity index (χ0v) is 8.61. The lowest BCUT2D eigenvalue weighted by Crippen LogP contribution is -1.80. The summed E-state index contributed by atoms with van der Waals surface area (Å²) in [5.41, 5.74) is 0. The van der Waals surface area contributed by atoms with Crippen LogP contribution in [-0.2, 0) is 10.0 Å². The minimum atomic E-state index is -1.37. The number of hydrogen-bond donors (Lipinski definition) is 0. The highest BCUT2D eigenvalue weighted by molar-refractivity contribution is 14.1. The van der Waals surface area contributed by atoms with Gasteiger partial charge in [0.2, 0.25) is 0 Å². The van der Waals surface area contributed by atoms with Gasteiger partial charge in [-0.3, -0.25) is 0 Å². The van der Waals surface area contributed by atoms with Gasteiger partial charge in [-0.2, -0.15) is 0 Å². The third-order valence-corrected chi connectivity index (χ3v) is 2.81. The van der Waals surface area contributed by atoms with Gasteiger partial charge < -0.3 is 0 Å². The fourth-order valence-corrected chi connectivity index (χ4v) is 2.01. The van der Waals surface area contributed by atoms with Crippen molar-refractivity contribution < 1.29 is 4.21 Å². The van der Waals surface area contributed by atoms with Crippen LogP contribution in [-0.4, -0.2) is 4.21 Å². The molecule has 0 aliphatic heterocycles. The van der Waals surface area contributed by atoms with Crippen LogP contribution in [0.3, 0.4) is 0 Å². The average molecular weight is 287 g/mol. The van der Waals surface area contributed by atoms with E-state index in [0.717, 1.165) is 3.57 Å². The molecule has 0 N–H and O–H groups in total. The molecular formula is C6H4ClIOS. The Balaban J connectivity index is 3.07. The summed E-state index contributed by atoms with van der Waals surface area (Å²) in [6.07, 6.45) is 0. The maximum absolute atomic E-state index is 10.7. The summed E-state index contributed by atoms with van der Waals surface area (Å²) in [4.78, 5) is 0.661. The molecule has 0 spiro atoms. The highest BCUT2D eigenvalue weighted by atomic mass is 127. The molecule has 0 radical (unpaired) electrons. The van der Waals surface area contributed by atoms with Crippen molar-refractivity contribution in [2.24, 2.45) is 0 Å². The highest BCUT2D eigenvalue weighted by Gasteiger charge is 1.97. The van der Waals surface area contributed by atoms with Crippen molar-refractivity contribution in [2.45, 2.75) is 4.90 Å². The highest BCUT2D eigenvalue weighted by Crippen LogP contribution is 2.13. The molecular weight excluding hydrogens is 282 g/mol. The van der Waals surface area contributed by atoms with Crippen molar-refractivity contribution in [1.82, 2.24) is 0 Å². The van der Waals surface area contributed by atoms with Crippen LogP contribution in [0.25, 0.3) is 0 Å². The topological polar surface area (TPSA) is 17.1 Å². The minimum absolute atomic E-state index is 0.661. The van der Waals surface area contributed by atoms with Gasteiger partial charge in [0.25, 0.3) is 0 Å². The average Bonchev–Trinajstić information content (AvgIpc) is 1.88. The lowest BCUT2D eigenvalue weighted by molar-refractivity contribution is 0.691. The Morgan fingerprint density at radius 2 is 2.20 bits per heavy atom. The van der Waals surface area contributed by atoms with Gasteiger partial charge in [0, 0.05) is 3.57 Å². The summed E-state index contributed by atoms with van der Waals surface area (Å²) in [5.74, 6) is 0. The van der Waals surface area contributed by atoms with E-state index in [1.807, 2.05) is 12.1 Å². The molecule has 0 amide bonds. The first-order valence-electron chi connectivity index (χ1n) is 2.54. The van der Waals surface area contributed by atoms with Crippen molar-refractivity contribution in [1.29, 1.82) is 0 Å². The van der Waals surface area contributed by atoms with Gasteiger partial charge in [-0.15, -0.1) is 0 Å². The normalized spacial score (nSPS) is 13.0. The third kappa shape index (κ3) is 2.21. The third-order valence-electron chi connectivity index (χ3n) is 0.981. The summed E-state index contributed by atoms with van der Waals surface area (Å²) in [7, 11) is 3.97. The Labute approximate surface area is 79.9 Å². The monoisotopic (exact) mass is 286 g/mol. The molecule has 54 valence electrons. The Hall–Kier alpha value is 0.390. The van der Waals surface area contributed by atoms with Crippen LogP contribution in [0.5, 0.6) is 0 Å². The van der Waals surface area contributed by atoms with Crippen LogP contribution < -0.4 is 0 Å². The van der Waals surface area contributed by atoms with Crippen LogP contribution in [0, 0.1) is 3.57 Å². The molecule has 0 aliphatic rings. The van der Waals surface area contributed by atoms with Crippen molar-refractivity contribution in [3.05, 3.63) is 27.8 Å². The van der Waals surface area contributed by atoms with Gasteiger partial charge in [0.15, 0.2) is 0 Å². The van der Waals surface area contributed by atoms with E-state index in [2.05, 4.69) is 22.6 Å². The van der Waals surface area contributed by atoms with Crippen LogP contribution in [0.4, 0.5) is 0 Å². The minimum Gasteiger partial charge on any atom is -0.237 e. The zero-order valence-electron chi connectivity index (χ0n) is 4.88. The number of rotatable bonds is 1. The summed E-state index contributed by atoms with van der Waals surface area (Å²) in [5, 5.41) is 0. The van der Waals surface area contributed by atoms with Gasteiger partial charge in [-0.05, 0) is 51.5 Å². The zero-order chi connectivity index (χ0) is 7.56. The molecule has 1 aromatic carbocycles. The predicted molar refractivity (Wildman–Crippen MR) is 51.4 cm³/mol. The Bertz CT molecular complexity index is 264. The Kier molecular flexibility index (Phi) is 3.13. The molecule has 0 saturated carbocycles. The second-order valence-corrected chi connectivity index (χ2v) is 4.69. The van der Waals surface area contributed by atoms with Gasteiger partial charge in [0.05, 0.1) is 4.90 Å². The summed E-state index contributed by atoms with van der Waals surface area (Å²) in [6.45, 7) is 0. The van der Waals surface area contributed by atoms with E-state index >= 15 is 0 Å². The summed E-state index contributed by atoms with van der Waals surface area (Å²) < 4.78 is 11.7. The van der Waals surface area contributed by atoms with Gasteiger partial charge in [-0.25, -0.2) is 4.21 Å². The van der Waals surface area contributed by atoms with E-state index in [0.29, 0.717) is 4.90 Å². The Morgan fingerprint density at radius 3 is 2.60 bits per heavy atom. The Morgan fingerprint density at radius 1 is 1.50 bits per heavy atom. The SMILES string of the molecule is O=S(Cl)c1cccc(I)c1. The van der Waals surface area contributed by atoms with Gasteiger partial charge in [-0.1, -0.05) is 6.07 Å². The van der Waals surface area contributed by atoms with Crippen molar-refractivity contribution >= 4 is 43.3 Å². The lowest BCUT2D eigenvalue weighted by atomic mass is 10.4. The quantitative estimate of drug-likeness (QED) is 0.573. The molecule has 1 rings (SSSR count). The molecule has 1 unspecified atom stereocenters. The molecule has 0 bridgehead atoms. The fraction of sp³-hybridized carbons (Fsp3) is 0. The van der Waals surface area contributed by atoms with E-state index < -0.39 is 10.0 Å². The molecule has 1 atom stereocenters. The van der Waals surface area contributed by atoms with E-state index in [-0.39, 0.29) is 0 Å². The summed E-state index contributed by atoms with van der Waals surface area (Å²) in [6, 6.07) is 7.29. The van der Waals surface area contributed by atoms with Crippen molar-refractivity contribution in [3.8, 4) is 0 Å². The predicted octanol–water partition coefficient (Wildman–Crippen LogP) is 2.55. The van der Waals surface area contributed by atoms with Gasteiger partial charge >= 0.3 is 0 Å². The van der Waals surface area contributed by atoms with Crippen LogP contribution >= 0.6 is 33.3 Å². The van der Waals surface area contributed by atoms with Crippen LogP contribution in [0.1, 0.15) is 0 Å². The molecule has 1 aromatic rings. The first kappa shape index (κ1) is 8.49. The van der Waals surface area contributed by atoms with E-state index in [9.17, 15) is 4.21 Å². The van der Waals surface area contributed by atoms with E-state index in [1.165, 1.54) is 0 Å². The number of benzene rings is 1. The molecule has 0 heterocycles. The largest absolute Gasteiger partial charge is 0.237 e. The van der Waals surface area contributed by atoms with Crippen molar-refractivity contribution in [3.63, 3.8) is 0 Å². The maximum atomic E-state index is 10.7. The first-order valence-corrected chi connectivity index (χ1v) is 5.59.